The van der Waals surface area contributed by atoms with E-state index in [2.05, 4.69) is 24.1 Å². The maximum atomic E-state index is 4.33. The predicted molar refractivity (Wildman–Crippen MR) is 52.3 cm³/mol. The fourth-order valence-corrected chi connectivity index (χ4v) is 1.96. The minimum atomic E-state index is 0.770. The Morgan fingerprint density at radius 2 is 2.50 bits per heavy atom. The summed E-state index contributed by atoms with van der Waals surface area (Å²) in [5, 5.41) is 0. The molecule has 0 radical (unpaired) electrons. The van der Waals surface area contributed by atoms with Gasteiger partial charge in [0, 0.05) is 18.3 Å². The van der Waals surface area contributed by atoms with Crippen LogP contribution in [0.4, 0.5) is 0 Å². The molecular weight excluding hydrogens is 146 g/mol. The van der Waals surface area contributed by atoms with Crippen LogP contribution in [0.15, 0.2) is 28.4 Å². The van der Waals surface area contributed by atoms with Crippen molar-refractivity contribution < 1.29 is 0 Å². The highest BCUT2D eigenvalue weighted by Crippen LogP contribution is 2.29. The van der Waals surface area contributed by atoms with Crippen LogP contribution in [0.2, 0.25) is 0 Å². The van der Waals surface area contributed by atoms with Crippen molar-refractivity contribution in [2.45, 2.75) is 32.6 Å². The first-order valence-electron chi connectivity index (χ1n) is 4.73. The van der Waals surface area contributed by atoms with Gasteiger partial charge in [-0.05, 0) is 32.1 Å². The van der Waals surface area contributed by atoms with Crippen LogP contribution in [0.25, 0.3) is 0 Å². The zero-order chi connectivity index (χ0) is 8.39. The van der Waals surface area contributed by atoms with Crippen molar-refractivity contribution in [2.24, 2.45) is 10.9 Å². The molecule has 2 aliphatic rings. The largest absolute Gasteiger partial charge is 0.266 e. The average molecular weight is 161 g/mol. The summed E-state index contributed by atoms with van der Waals surface area (Å²) in [6.45, 7) is 2.23. The van der Waals surface area contributed by atoms with E-state index in [1.807, 2.05) is 6.21 Å². The lowest BCUT2D eigenvalue weighted by atomic mass is 10.0. The molecule has 1 aliphatic carbocycles. The molecule has 0 N–H and O–H groups in total. The highest BCUT2D eigenvalue weighted by molar-refractivity contribution is 5.64. The monoisotopic (exact) mass is 161 g/mol. The van der Waals surface area contributed by atoms with E-state index in [4.69, 9.17) is 0 Å². The van der Waals surface area contributed by atoms with Gasteiger partial charge < -0.3 is 0 Å². The van der Waals surface area contributed by atoms with Crippen molar-refractivity contribution in [1.29, 1.82) is 0 Å². The normalized spacial score (nSPS) is 27.6. The smallest absolute Gasteiger partial charge is 0.0369 e. The lowest BCUT2D eigenvalue weighted by Gasteiger charge is -2.04. The number of aliphatic imine (C=N–C) groups is 1. The van der Waals surface area contributed by atoms with Crippen LogP contribution in [0, 0.1) is 5.92 Å². The van der Waals surface area contributed by atoms with E-state index < -0.39 is 0 Å². The highest BCUT2D eigenvalue weighted by Gasteiger charge is 2.14. The lowest BCUT2D eigenvalue weighted by molar-refractivity contribution is 0.622. The van der Waals surface area contributed by atoms with Crippen LogP contribution in [0.1, 0.15) is 32.6 Å². The molecule has 0 saturated heterocycles. The first-order chi connectivity index (χ1) is 5.84. The van der Waals surface area contributed by atoms with Gasteiger partial charge >= 0.3 is 0 Å². The van der Waals surface area contributed by atoms with Crippen LogP contribution < -0.4 is 0 Å². The van der Waals surface area contributed by atoms with E-state index >= 15 is 0 Å². The molecule has 0 aromatic heterocycles. The van der Waals surface area contributed by atoms with Crippen molar-refractivity contribution in [3.8, 4) is 0 Å². The second-order valence-corrected chi connectivity index (χ2v) is 3.76. The molecule has 1 aliphatic heterocycles. The molecule has 64 valence electrons. The van der Waals surface area contributed by atoms with Gasteiger partial charge in [-0.2, -0.15) is 0 Å². The number of allylic oxidation sites excluding steroid dienone is 4. The first kappa shape index (κ1) is 7.78. The van der Waals surface area contributed by atoms with Crippen molar-refractivity contribution in [3.05, 3.63) is 23.4 Å². The van der Waals surface area contributed by atoms with Crippen LogP contribution in [0.5, 0.6) is 0 Å². The molecule has 1 nitrogen and oxygen atoms in total. The van der Waals surface area contributed by atoms with Crippen molar-refractivity contribution in [1.82, 2.24) is 0 Å². The van der Waals surface area contributed by atoms with E-state index in [-0.39, 0.29) is 0 Å². The number of nitrogens with zero attached hydrogens (tertiary/aromatic N) is 1. The zero-order valence-corrected chi connectivity index (χ0v) is 7.59. The fraction of sp³-hybridized carbons (Fsp3) is 0.545. The van der Waals surface area contributed by atoms with Gasteiger partial charge in [0.15, 0.2) is 0 Å². The summed E-state index contributed by atoms with van der Waals surface area (Å²) in [6, 6.07) is 0. The topological polar surface area (TPSA) is 12.4 Å². The molecular formula is C11H15N. The third-order valence-corrected chi connectivity index (χ3v) is 2.62. The van der Waals surface area contributed by atoms with Crippen molar-refractivity contribution in [3.63, 3.8) is 0 Å². The Morgan fingerprint density at radius 3 is 3.08 bits per heavy atom. The van der Waals surface area contributed by atoms with E-state index in [1.165, 1.54) is 18.5 Å². The van der Waals surface area contributed by atoms with Crippen LogP contribution >= 0.6 is 0 Å². The quantitative estimate of drug-likeness (QED) is 0.552. The molecule has 0 spiro atoms. The summed E-state index contributed by atoms with van der Waals surface area (Å²) >= 11 is 0. The fourth-order valence-electron chi connectivity index (χ4n) is 1.96. The van der Waals surface area contributed by atoms with E-state index in [0.717, 1.165) is 18.8 Å². The molecule has 0 aromatic rings. The molecule has 1 unspecified atom stereocenters. The standard InChI is InChI=1S/C11H15N/c1-9-4-5-10(7-9)8-11-3-2-6-12-11/h3,6-7,10H,2,4-5,8H2,1H3. The number of rotatable bonds is 2. The molecule has 1 heterocycles. The van der Waals surface area contributed by atoms with Gasteiger partial charge in [0.1, 0.15) is 0 Å². The summed E-state index contributed by atoms with van der Waals surface area (Å²) in [5.74, 6) is 0.770. The van der Waals surface area contributed by atoms with Gasteiger partial charge in [-0.15, -0.1) is 0 Å². The zero-order valence-electron chi connectivity index (χ0n) is 7.59. The van der Waals surface area contributed by atoms with Gasteiger partial charge in [0.05, 0.1) is 0 Å². The SMILES string of the molecule is CC1=CC(CC2=CCC=N2)CC1. The van der Waals surface area contributed by atoms with E-state index in [1.54, 1.807) is 5.57 Å². The van der Waals surface area contributed by atoms with Crippen molar-refractivity contribution >= 4 is 6.21 Å². The average Bonchev–Trinajstić information content (AvgIpc) is 2.63. The summed E-state index contributed by atoms with van der Waals surface area (Å²) < 4.78 is 0. The van der Waals surface area contributed by atoms with Gasteiger partial charge in [0.2, 0.25) is 0 Å². The van der Waals surface area contributed by atoms with Crippen molar-refractivity contribution in [2.75, 3.05) is 0 Å². The Labute approximate surface area is 73.9 Å². The maximum absolute atomic E-state index is 4.33. The molecule has 12 heavy (non-hydrogen) atoms. The van der Waals surface area contributed by atoms with Gasteiger partial charge in [-0.25, -0.2) is 0 Å². The van der Waals surface area contributed by atoms with Crippen LogP contribution in [-0.2, 0) is 0 Å². The highest BCUT2D eigenvalue weighted by atomic mass is 14.7. The molecule has 1 heteroatoms. The second kappa shape index (κ2) is 3.26. The minimum absolute atomic E-state index is 0.770. The molecule has 0 fully saturated rings. The van der Waals surface area contributed by atoms with Gasteiger partial charge in [-0.1, -0.05) is 17.7 Å². The van der Waals surface area contributed by atoms with E-state index in [9.17, 15) is 0 Å². The Morgan fingerprint density at radius 1 is 1.58 bits per heavy atom. The van der Waals surface area contributed by atoms with Gasteiger partial charge in [-0.3, -0.25) is 4.99 Å². The summed E-state index contributed by atoms with van der Waals surface area (Å²) in [5.41, 5.74) is 2.86. The molecule has 0 aromatic carbocycles. The molecule has 0 bridgehead atoms. The van der Waals surface area contributed by atoms with Crippen LogP contribution in [-0.4, -0.2) is 6.21 Å². The van der Waals surface area contributed by atoms with Crippen LogP contribution in [0.3, 0.4) is 0 Å². The molecule has 0 saturated carbocycles. The summed E-state index contributed by atoms with van der Waals surface area (Å²) in [7, 11) is 0. The Hall–Kier alpha value is -0.850. The second-order valence-electron chi connectivity index (χ2n) is 3.76. The van der Waals surface area contributed by atoms with Gasteiger partial charge in [0.25, 0.3) is 0 Å². The Kier molecular flexibility index (Phi) is 2.11. The Bertz CT molecular complexity index is 258. The molecule has 1 atom stereocenters. The third-order valence-electron chi connectivity index (χ3n) is 2.62. The summed E-state index contributed by atoms with van der Waals surface area (Å²) in [6.07, 6.45) is 11.5. The predicted octanol–water partition coefficient (Wildman–Crippen LogP) is 3.09. The molecule has 2 rings (SSSR count). The number of hydrogen-bond acceptors (Lipinski definition) is 1. The minimum Gasteiger partial charge on any atom is -0.266 e. The molecule has 0 amide bonds. The first-order valence-corrected chi connectivity index (χ1v) is 4.73. The third kappa shape index (κ3) is 1.66. The lowest BCUT2D eigenvalue weighted by Crippen LogP contribution is -1.91. The number of hydrogen-bond donors (Lipinski definition) is 0. The Balaban J connectivity index is 1.91. The van der Waals surface area contributed by atoms with E-state index in [0.29, 0.717) is 0 Å². The summed E-state index contributed by atoms with van der Waals surface area (Å²) in [4.78, 5) is 4.33. The maximum Gasteiger partial charge on any atom is 0.0369 e.